The molecule has 4 nitrogen and oxygen atoms in total. The van der Waals surface area contributed by atoms with Crippen LogP contribution in [0.2, 0.25) is 0 Å². The molecule has 76 valence electrons. The highest BCUT2D eigenvalue weighted by Gasteiger charge is 2.23. The van der Waals surface area contributed by atoms with Crippen molar-refractivity contribution in [3.8, 4) is 0 Å². The van der Waals surface area contributed by atoms with Crippen molar-refractivity contribution in [3.63, 3.8) is 0 Å². The van der Waals surface area contributed by atoms with Crippen molar-refractivity contribution in [1.82, 2.24) is 4.90 Å². The summed E-state index contributed by atoms with van der Waals surface area (Å²) >= 11 is 0. The van der Waals surface area contributed by atoms with Gasteiger partial charge in [-0.25, -0.2) is 4.79 Å². The molecule has 1 rings (SSSR count). The number of aliphatic hydroxyl groups is 1. The van der Waals surface area contributed by atoms with Crippen LogP contribution < -0.4 is 0 Å². The lowest BCUT2D eigenvalue weighted by Crippen LogP contribution is -2.42. The van der Waals surface area contributed by atoms with E-state index in [0.717, 1.165) is 19.4 Å². The maximum absolute atomic E-state index is 11.4. The molecule has 0 aliphatic carbocycles. The van der Waals surface area contributed by atoms with Gasteiger partial charge < -0.3 is 14.7 Å². The zero-order valence-corrected chi connectivity index (χ0v) is 8.03. The second-order valence-electron chi connectivity index (χ2n) is 3.38. The van der Waals surface area contributed by atoms with Crippen LogP contribution in [0.15, 0.2) is 0 Å². The fourth-order valence-electron chi connectivity index (χ4n) is 1.59. The molecule has 1 N–H and O–H groups in total. The Morgan fingerprint density at radius 1 is 1.62 bits per heavy atom. The molecule has 0 aromatic rings. The summed E-state index contributed by atoms with van der Waals surface area (Å²) in [5, 5.41) is 8.48. The van der Waals surface area contributed by atoms with E-state index in [1.807, 2.05) is 6.92 Å². The number of likely N-dealkylation sites (tertiary alicyclic amines) is 1. The summed E-state index contributed by atoms with van der Waals surface area (Å²) in [6, 6.07) is 0.278. The number of aliphatic hydroxyl groups excluding tert-OH is 1. The van der Waals surface area contributed by atoms with Gasteiger partial charge in [0.05, 0.1) is 6.61 Å². The second-order valence-corrected chi connectivity index (χ2v) is 3.38. The molecule has 1 unspecified atom stereocenters. The Hall–Kier alpha value is -0.770. The first kappa shape index (κ1) is 10.3. The first-order chi connectivity index (χ1) is 6.25. The molecule has 1 aliphatic heterocycles. The largest absolute Gasteiger partial charge is 0.447 e. The van der Waals surface area contributed by atoms with Crippen molar-refractivity contribution >= 4 is 6.09 Å². The van der Waals surface area contributed by atoms with Crippen molar-refractivity contribution in [2.24, 2.45) is 0 Å². The minimum atomic E-state index is -0.291. The Balaban J connectivity index is 2.35. The van der Waals surface area contributed by atoms with Crippen LogP contribution in [0.1, 0.15) is 26.2 Å². The van der Waals surface area contributed by atoms with Crippen LogP contribution in [0.5, 0.6) is 0 Å². The predicted octanol–water partition coefficient (Wildman–Crippen LogP) is 0.990. The number of carbonyl (C=O) groups excluding carboxylic acids is 1. The second kappa shape index (κ2) is 5.07. The zero-order valence-electron chi connectivity index (χ0n) is 8.03. The van der Waals surface area contributed by atoms with E-state index < -0.39 is 0 Å². The van der Waals surface area contributed by atoms with Gasteiger partial charge >= 0.3 is 6.09 Å². The smallest absolute Gasteiger partial charge is 0.410 e. The van der Waals surface area contributed by atoms with Crippen LogP contribution in [-0.2, 0) is 4.74 Å². The molecule has 1 heterocycles. The maximum Gasteiger partial charge on any atom is 0.410 e. The van der Waals surface area contributed by atoms with E-state index in [9.17, 15) is 4.79 Å². The number of carbonyl (C=O) groups is 1. The normalized spacial score (nSPS) is 22.9. The van der Waals surface area contributed by atoms with Gasteiger partial charge in [0.1, 0.15) is 6.61 Å². The molecule has 0 bridgehead atoms. The minimum absolute atomic E-state index is 0.0993. The van der Waals surface area contributed by atoms with Gasteiger partial charge in [0.15, 0.2) is 0 Å². The molecule has 0 spiro atoms. The SMILES string of the molecule is CC1CCCCN1C(=O)OCCO. The summed E-state index contributed by atoms with van der Waals surface area (Å²) in [6.45, 7) is 2.81. The Labute approximate surface area is 78.5 Å². The van der Waals surface area contributed by atoms with Crippen LogP contribution in [0.25, 0.3) is 0 Å². The van der Waals surface area contributed by atoms with E-state index in [2.05, 4.69) is 0 Å². The highest BCUT2D eigenvalue weighted by Crippen LogP contribution is 2.16. The van der Waals surface area contributed by atoms with Gasteiger partial charge in [0.25, 0.3) is 0 Å². The topological polar surface area (TPSA) is 49.8 Å². The van der Waals surface area contributed by atoms with Gasteiger partial charge in [0, 0.05) is 12.6 Å². The molecular formula is C9H17NO3. The van der Waals surface area contributed by atoms with Crippen LogP contribution >= 0.6 is 0 Å². The standard InChI is InChI=1S/C9H17NO3/c1-8-4-2-3-5-10(8)9(12)13-7-6-11/h8,11H,2-7H2,1H3. The van der Waals surface area contributed by atoms with Crippen LogP contribution in [0, 0.1) is 0 Å². The summed E-state index contributed by atoms with van der Waals surface area (Å²) in [5.41, 5.74) is 0. The molecule has 0 saturated carbocycles. The average Bonchev–Trinajstić information content (AvgIpc) is 2.15. The number of amides is 1. The highest BCUT2D eigenvalue weighted by atomic mass is 16.6. The molecule has 4 heteroatoms. The monoisotopic (exact) mass is 187 g/mol. The number of hydrogen-bond donors (Lipinski definition) is 1. The Morgan fingerprint density at radius 2 is 2.38 bits per heavy atom. The molecule has 0 radical (unpaired) electrons. The number of hydrogen-bond acceptors (Lipinski definition) is 3. The number of nitrogens with zero attached hydrogens (tertiary/aromatic N) is 1. The molecule has 1 saturated heterocycles. The Morgan fingerprint density at radius 3 is 3.00 bits per heavy atom. The molecule has 1 aliphatic rings. The van der Waals surface area contributed by atoms with E-state index >= 15 is 0 Å². The highest BCUT2D eigenvalue weighted by molar-refractivity contribution is 5.68. The average molecular weight is 187 g/mol. The first-order valence-corrected chi connectivity index (χ1v) is 4.80. The van der Waals surface area contributed by atoms with Crippen molar-refractivity contribution < 1.29 is 14.6 Å². The number of ether oxygens (including phenoxy) is 1. The van der Waals surface area contributed by atoms with Gasteiger partial charge in [0.2, 0.25) is 0 Å². The van der Waals surface area contributed by atoms with E-state index in [1.54, 1.807) is 4.90 Å². The lowest BCUT2D eigenvalue weighted by atomic mass is 10.0. The van der Waals surface area contributed by atoms with Gasteiger partial charge in [-0.05, 0) is 26.2 Å². The van der Waals surface area contributed by atoms with Gasteiger partial charge in [-0.15, -0.1) is 0 Å². The summed E-state index contributed by atoms with van der Waals surface area (Å²) in [6.07, 6.45) is 3.00. The van der Waals surface area contributed by atoms with Crippen molar-refractivity contribution in [1.29, 1.82) is 0 Å². The molecule has 1 amide bonds. The maximum atomic E-state index is 11.4. The third kappa shape index (κ3) is 2.88. The Kier molecular flexibility index (Phi) is 4.02. The van der Waals surface area contributed by atoms with E-state index in [4.69, 9.17) is 9.84 Å². The Bertz CT molecular complexity index is 172. The third-order valence-electron chi connectivity index (χ3n) is 2.35. The summed E-state index contributed by atoms with van der Waals surface area (Å²) in [7, 11) is 0. The van der Waals surface area contributed by atoms with Crippen molar-refractivity contribution in [2.45, 2.75) is 32.2 Å². The quantitative estimate of drug-likeness (QED) is 0.701. The molecule has 1 fully saturated rings. The van der Waals surface area contributed by atoms with Crippen LogP contribution in [0.3, 0.4) is 0 Å². The molecule has 0 aromatic carbocycles. The fourth-order valence-corrected chi connectivity index (χ4v) is 1.59. The number of piperidine rings is 1. The number of rotatable bonds is 2. The molecular weight excluding hydrogens is 170 g/mol. The lowest BCUT2D eigenvalue weighted by molar-refractivity contribution is 0.0641. The minimum Gasteiger partial charge on any atom is -0.447 e. The van der Waals surface area contributed by atoms with Crippen molar-refractivity contribution in [2.75, 3.05) is 19.8 Å². The van der Waals surface area contributed by atoms with Crippen molar-refractivity contribution in [3.05, 3.63) is 0 Å². The molecule has 0 aromatic heterocycles. The van der Waals surface area contributed by atoms with Crippen LogP contribution in [-0.4, -0.2) is 41.9 Å². The van der Waals surface area contributed by atoms with E-state index in [-0.39, 0.29) is 25.3 Å². The lowest BCUT2D eigenvalue weighted by Gasteiger charge is -2.32. The van der Waals surface area contributed by atoms with Crippen LogP contribution in [0.4, 0.5) is 4.79 Å². The van der Waals surface area contributed by atoms with Gasteiger partial charge in [-0.2, -0.15) is 0 Å². The van der Waals surface area contributed by atoms with Gasteiger partial charge in [-0.3, -0.25) is 0 Å². The fraction of sp³-hybridized carbons (Fsp3) is 0.889. The molecule has 1 atom stereocenters. The summed E-state index contributed by atoms with van der Waals surface area (Å²) in [4.78, 5) is 13.1. The van der Waals surface area contributed by atoms with E-state index in [0.29, 0.717) is 0 Å². The van der Waals surface area contributed by atoms with E-state index in [1.165, 1.54) is 6.42 Å². The predicted molar refractivity (Wildman–Crippen MR) is 48.5 cm³/mol. The molecule has 13 heavy (non-hydrogen) atoms. The first-order valence-electron chi connectivity index (χ1n) is 4.80. The van der Waals surface area contributed by atoms with Gasteiger partial charge in [-0.1, -0.05) is 0 Å². The summed E-state index contributed by atoms with van der Waals surface area (Å²) < 4.78 is 4.84. The summed E-state index contributed by atoms with van der Waals surface area (Å²) in [5.74, 6) is 0. The third-order valence-corrected chi connectivity index (χ3v) is 2.35. The zero-order chi connectivity index (χ0) is 9.68.